The van der Waals surface area contributed by atoms with Crippen LogP contribution in [0.5, 0.6) is 0 Å². The second kappa shape index (κ2) is 6.47. The van der Waals surface area contributed by atoms with Crippen LogP contribution in [0.3, 0.4) is 0 Å². The lowest BCUT2D eigenvalue weighted by Gasteiger charge is -2.29. The smallest absolute Gasteiger partial charge is 0.221 e. The van der Waals surface area contributed by atoms with Gasteiger partial charge in [0.1, 0.15) is 6.17 Å². The molecule has 0 spiro atoms. The van der Waals surface area contributed by atoms with Gasteiger partial charge in [-0.1, -0.05) is 30.1 Å². The van der Waals surface area contributed by atoms with Crippen LogP contribution >= 0.6 is 34.8 Å². The minimum atomic E-state index is -1.29. The molecule has 0 aliphatic rings. The number of carbonyl (C=O) groups excluding carboxylic acids is 1. The molecule has 17 heavy (non-hydrogen) atoms. The molecule has 0 aromatic carbocycles. The molecule has 1 unspecified atom stereocenters. The van der Waals surface area contributed by atoms with E-state index in [0.717, 1.165) is 6.42 Å². The van der Waals surface area contributed by atoms with E-state index in [1.165, 1.54) is 6.33 Å². The van der Waals surface area contributed by atoms with Crippen molar-refractivity contribution in [2.75, 3.05) is 5.88 Å². The largest absolute Gasteiger partial charge is 0.333 e. The number of imidazole rings is 1. The van der Waals surface area contributed by atoms with Gasteiger partial charge in [-0.3, -0.25) is 4.79 Å². The van der Waals surface area contributed by atoms with Crippen LogP contribution in [0.2, 0.25) is 0 Å². The van der Waals surface area contributed by atoms with Crippen LogP contribution in [0.1, 0.15) is 25.9 Å². The predicted octanol–water partition coefficient (Wildman–Crippen LogP) is 2.71. The number of hydrogen-bond acceptors (Lipinski definition) is 2. The summed E-state index contributed by atoms with van der Waals surface area (Å²) in [5.41, 5.74) is 0. The zero-order valence-electron chi connectivity index (χ0n) is 9.37. The Morgan fingerprint density at radius 1 is 1.59 bits per heavy atom. The van der Waals surface area contributed by atoms with Crippen LogP contribution in [0, 0.1) is 0 Å². The molecule has 0 aliphatic carbocycles. The Morgan fingerprint density at radius 2 is 2.29 bits per heavy atom. The summed E-state index contributed by atoms with van der Waals surface area (Å²) in [5, 5.41) is 2.75. The van der Waals surface area contributed by atoms with Gasteiger partial charge in [0.15, 0.2) is 4.33 Å². The van der Waals surface area contributed by atoms with Crippen molar-refractivity contribution in [3.05, 3.63) is 18.7 Å². The van der Waals surface area contributed by atoms with Gasteiger partial charge in [-0.25, -0.2) is 4.98 Å². The first-order valence-electron chi connectivity index (χ1n) is 5.22. The average Bonchev–Trinajstić information content (AvgIpc) is 2.79. The number of nitrogens with one attached hydrogen (secondary N) is 1. The molecule has 7 heteroatoms. The number of amides is 1. The molecule has 1 aromatic heterocycles. The topological polar surface area (TPSA) is 46.9 Å². The van der Waals surface area contributed by atoms with Crippen molar-refractivity contribution in [3.63, 3.8) is 0 Å². The highest BCUT2D eigenvalue weighted by Crippen LogP contribution is 2.33. The third-order valence-electron chi connectivity index (χ3n) is 2.18. The molecule has 1 aromatic rings. The quantitative estimate of drug-likeness (QED) is 0.821. The molecular formula is C10H14Cl3N3O. The standard InChI is InChI=1S/C10H14Cl3N3O/c1-2-3-8(17)15-9(10(12,13)6-11)16-5-4-14-7-16/h4-5,7,9H,2-3,6H2,1H3,(H,15,17). The SMILES string of the molecule is CCCC(=O)NC(n1ccnc1)C(Cl)(Cl)CCl. The number of aromatic nitrogens is 2. The lowest BCUT2D eigenvalue weighted by Crippen LogP contribution is -2.43. The number of alkyl halides is 3. The van der Waals surface area contributed by atoms with Crippen LogP contribution < -0.4 is 5.32 Å². The van der Waals surface area contributed by atoms with Gasteiger partial charge in [0.05, 0.1) is 12.2 Å². The van der Waals surface area contributed by atoms with E-state index >= 15 is 0 Å². The highest BCUT2D eigenvalue weighted by Gasteiger charge is 2.36. The second-order valence-electron chi connectivity index (χ2n) is 3.62. The van der Waals surface area contributed by atoms with Gasteiger partial charge in [-0.2, -0.15) is 0 Å². The van der Waals surface area contributed by atoms with Crippen molar-refractivity contribution in [2.45, 2.75) is 30.3 Å². The summed E-state index contributed by atoms with van der Waals surface area (Å²) in [6, 6.07) is 0. The molecule has 1 atom stereocenters. The van der Waals surface area contributed by atoms with Gasteiger partial charge < -0.3 is 9.88 Å². The van der Waals surface area contributed by atoms with Crippen molar-refractivity contribution < 1.29 is 4.79 Å². The Morgan fingerprint density at radius 3 is 2.76 bits per heavy atom. The average molecular weight is 299 g/mol. The fraction of sp³-hybridized carbons (Fsp3) is 0.600. The minimum absolute atomic E-state index is 0.00857. The van der Waals surface area contributed by atoms with E-state index in [1.807, 2.05) is 6.92 Å². The normalized spacial score (nSPS) is 13.4. The van der Waals surface area contributed by atoms with Crippen molar-refractivity contribution in [2.24, 2.45) is 0 Å². The monoisotopic (exact) mass is 297 g/mol. The fourth-order valence-electron chi connectivity index (χ4n) is 1.35. The van der Waals surface area contributed by atoms with Crippen molar-refractivity contribution in [1.29, 1.82) is 0 Å². The van der Waals surface area contributed by atoms with E-state index in [0.29, 0.717) is 6.42 Å². The van der Waals surface area contributed by atoms with E-state index in [-0.39, 0.29) is 11.8 Å². The third-order valence-corrected chi connectivity index (χ3v) is 3.55. The van der Waals surface area contributed by atoms with Crippen molar-refractivity contribution >= 4 is 40.7 Å². The van der Waals surface area contributed by atoms with Crippen LogP contribution in [0.25, 0.3) is 0 Å². The van der Waals surface area contributed by atoms with Gasteiger partial charge in [0.25, 0.3) is 0 Å². The molecule has 0 saturated carbocycles. The molecule has 0 aliphatic heterocycles. The summed E-state index contributed by atoms with van der Waals surface area (Å²) in [6.07, 6.45) is 5.31. The number of carbonyl (C=O) groups is 1. The lowest BCUT2D eigenvalue weighted by atomic mass is 10.3. The molecule has 1 rings (SSSR count). The summed E-state index contributed by atoms with van der Waals surface area (Å²) in [6.45, 7) is 1.92. The Kier molecular flexibility index (Phi) is 5.56. The Labute approximate surface area is 115 Å². The molecule has 1 amide bonds. The van der Waals surface area contributed by atoms with E-state index in [2.05, 4.69) is 10.3 Å². The molecule has 0 fully saturated rings. The zero-order chi connectivity index (χ0) is 12.9. The maximum atomic E-state index is 11.6. The zero-order valence-corrected chi connectivity index (χ0v) is 11.6. The fourth-order valence-corrected chi connectivity index (χ4v) is 1.83. The van der Waals surface area contributed by atoms with Gasteiger partial charge in [0.2, 0.25) is 5.91 Å². The van der Waals surface area contributed by atoms with Crippen molar-refractivity contribution in [1.82, 2.24) is 14.9 Å². The van der Waals surface area contributed by atoms with Gasteiger partial charge >= 0.3 is 0 Å². The van der Waals surface area contributed by atoms with Crippen LogP contribution in [0.4, 0.5) is 0 Å². The summed E-state index contributed by atoms with van der Waals surface area (Å²) < 4.78 is 0.335. The van der Waals surface area contributed by atoms with Crippen LogP contribution in [-0.2, 0) is 4.79 Å². The van der Waals surface area contributed by atoms with E-state index in [9.17, 15) is 4.79 Å². The molecule has 0 bridgehead atoms. The van der Waals surface area contributed by atoms with E-state index in [4.69, 9.17) is 34.8 Å². The highest BCUT2D eigenvalue weighted by atomic mass is 35.5. The minimum Gasteiger partial charge on any atom is -0.333 e. The number of nitrogens with zero attached hydrogens (tertiary/aromatic N) is 2. The molecule has 0 radical (unpaired) electrons. The third kappa shape index (κ3) is 4.05. The lowest BCUT2D eigenvalue weighted by molar-refractivity contribution is -0.122. The van der Waals surface area contributed by atoms with Crippen molar-refractivity contribution in [3.8, 4) is 0 Å². The highest BCUT2D eigenvalue weighted by molar-refractivity contribution is 6.51. The first-order chi connectivity index (χ1) is 8.01. The first-order valence-corrected chi connectivity index (χ1v) is 6.51. The van der Waals surface area contributed by atoms with Crippen LogP contribution in [0.15, 0.2) is 18.7 Å². The summed E-state index contributed by atoms with van der Waals surface area (Å²) in [7, 11) is 0. The molecule has 4 nitrogen and oxygen atoms in total. The molecular weight excluding hydrogens is 284 g/mol. The van der Waals surface area contributed by atoms with Gasteiger partial charge in [0, 0.05) is 18.8 Å². The number of halogens is 3. The van der Waals surface area contributed by atoms with E-state index in [1.54, 1.807) is 17.0 Å². The molecule has 1 N–H and O–H groups in total. The maximum absolute atomic E-state index is 11.6. The Bertz CT molecular complexity index is 354. The molecule has 96 valence electrons. The van der Waals surface area contributed by atoms with Gasteiger partial charge in [-0.05, 0) is 6.42 Å². The van der Waals surface area contributed by atoms with E-state index < -0.39 is 10.5 Å². The van der Waals surface area contributed by atoms with Gasteiger partial charge in [-0.15, -0.1) is 11.6 Å². The first kappa shape index (κ1) is 14.6. The maximum Gasteiger partial charge on any atom is 0.221 e. The summed E-state index contributed by atoms with van der Waals surface area (Å²) in [4.78, 5) is 15.5. The predicted molar refractivity (Wildman–Crippen MR) is 69.5 cm³/mol. The van der Waals surface area contributed by atoms with Crippen LogP contribution in [-0.4, -0.2) is 25.7 Å². The Balaban J connectivity index is 2.84. The number of rotatable bonds is 6. The Hall–Kier alpha value is -0.450. The molecule has 1 heterocycles. The number of hydrogen-bond donors (Lipinski definition) is 1. The molecule has 0 saturated heterocycles. The second-order valence-corrected chi connectivity index (χ2v) is 5.43. The summed E-state index contributed by atoms with van der Waals surface area (Å²) in [5.74, 6) is -0.132. The summed E-state index contributed by atoms with van der Waals surface area (Å²) >= 11 is 17.9.